The minimum Gasteiger partial charge on any atom is -0.337 e. The monoisotopic (exact) mass is 427 g/mol. The van der Waals surface area contributed by atoms with Crippen molar-refractivity contribution >= 4 is 29.0 Å². The van der Waals surface area contributed by atoms with Crippen molar-refractivity contribution in [3.8, 4) is 5.69 Å². The molecule has 1 aromatic carbocycles. The summed E-state index contributed by atoms with van der Waals surface area (Å²) in [6, 6.07) is 8.22. The van der Waals surface area contributed by atoms with E-state index in [2.05, 4.69) is 45.7 Å². The SMILES string of the molecule is Cc1ccccc1-n1c(C)nnc1SCc1nc(C(=O)N2CCC(C)CC2)cs1. The molecule has 6 nitrogen and oxygen atoms in total. The van der Waals surface area contributed by atoms with Gasteiger partial charge in [-0.2, -0.15) is 0 Å². The average molecular weight is 428 g/mol. The number of hydrogen-bond acceptors (Lipinski definition) is 6. The van der Waals surface area contributed by atoms with Crippen molar-refractivity contribution in [1.82, 2.24) is 24.6 Å². The van der Waals surface area contributed by atoms with E-state index in [0.717, 1.165) is 47.6 Å². The zero-order valence-electron chi connectivity index (χ0n) is 17.0. The number of rotatable bonds is 5. The lowest BCUT2D eigenvalue weighted by molar-refractivity contribution is 0.0692. The van der Waals surface area contributed by atoms with E-state index >= 15 is 0 Å². The number of piperidine rings is 1. The summed E-state index contributed by atoms with van der Waals surface area (Å²) >= 11 is 3.13. The van der Waals surface area contributed by atoms with Gasteiger partial charge in [0.1, 0.15) is 16.5 Å². The van der Waals surface area contributed by atoms with E-state index in [4.69, 9.17) is 0 Å². The molecule has 0 atom stereocenters. The van der Waals surface area contributed by atoms with Crippen molar-refractivity contribution in [2.24, 2.45) is 5.92 Å². The van der Waals surface area contributed by atoms with Crippen molar-refractivity contribution < 1.29 is 4.79 Å². The van der Waals surface area contributed by atoms with Gasteiger partial charge >= 0.3 is 0 Å². The first-order valence-corrected chi connectivity index (χ1v) is 11.7. The number of thiazole rings is 1. The molecule has 1 saturated heterocycles. The maximum absolute atomic E-state index is 12.7. The molecule has 1 aliphatic rings. The number of amides is 1. The summed E-state index contributed by atoms with van der Waals surface area (Å²) in [6.45, 7) is 7.96. The molecular formula is C21H25N5OS2. The highest BCUT2D eigenvalue weighted by Crippen LogP contribution is 2.28. The van der Waals surface area contributed by atoms with Crippen LogP contribution in [0.1, 0.15) is 46.6 Å². The highest BCUT2D eigenvalue weighted by atomic mass is 32.2. The van der Waals surface area contributed by atoms with Crippen LogP contribution in [0.2, 0.25) is 0 Å². The Kier molecular flexibility index (Phi) is 6.01. The van der Waals surface area contributed by atoms with Crippen LogP contribution in [0, 0.1) is 19.8 Å². The van der Waals surface area contributed by atoms with Crippen LogP contribution in [0.5, 0.6) is 0 Å². The Hall–Kier alpha value is -2.19. The lowest BCUT2D eigenvalue weighted by Crippen LogP contribution is -2.38. The van der Waals surface area contributed by atoms with E-state index in [1.165, 1.54) is 16.9 Å². The highest BCUT2D eigenvalue weighted by molar-refractivity contribution is 7.98. The standard InChI is InChI=1S/C21H25N5OS2/c1-14-8-10-25(11-9-14)20(27)17-12-28-19(22-17)13-29-21-24-23-16(3)26(21)18-7-5-4-6-15(18)2/h4-7,12,14H,8-11,13H2,1-3H3. The number of para-hydroxylation sites is 1. The molecule has 3 heterocycles. The number of aryl methyl sites for hydroxylation is 2. The van der Waals surface area contributed by atoms with Crippen molar-refractivity contribution in [1.29, 1.82) is 0 Å². The van der Waals surface area contributed by atoms with Crippen LogP contribution in [-0.4, -0.2) is 43.6 Å². The second kappa shape index (κ2) is 8.67. The summed E-state index contributed by atoms with van der Waals surface area (Å²) in [6.07, 6.45) is 2.15. The lowest BCUT2D eigenvalue weighted by atomic mass is 9.99. The summed E-state index contributed by atoms with van der Waals surface area (Å²) in [5, 5.41) is 12.3. The lowest BCUT2D eigenvalue weighted by Gasteiger charge is -2.29. The van der Waals surface area contributed by atoms with Crippen molar-refractivity contribution in [2.45, 2.75) is 44.5 Å². The Balaban J connectivity index is 1.45. The van der Waals surface area contributed by atoms with Crippen LogP contribution < -0.4 is 0 Å². The topological polar surface area (TPSA) is 63.9 Å². The normalized spacial score (nSPS) is 15.1. The fourth-order valence-electron chi connectivity index (χ4n) is 3.50. The Morgan fingerprint density at radius 3 is 2.72 bits per heavy atom. The van der Waals surface area contributed by atoms with Crippen LogP contribution in [0.15, 0.2) is 34.8 Å². The van der Waals surface area contributed by atoms with Crippen LogP contribution in [0.3, 0.4) is 0 Å². The molecule has 4 rings (SSSR count). The van der Waals surface area contributed by atoms with E-state index in [0.29, 0.717) is 17.4 Å². The highest BCUT2D eigenvalue weighted by Gasteiger charge is 2.23. The molecular weight excluding hydrogens is 402 g/mol. The van der Waals surface area contributed by atoms with Gasteiger partial charge in [0.05, 0.1) is 11.4 Å². The second-order valence-corrected chi connectivity index (χ2v) is 9.43. The van der Waals surface area contributed by atoms with Crippen molar-refractivity contribution in [3.63, 3.8) is 0 Å². The molecule has 0 radical (unpaired) electrons. The number of likely N-dealkylation sites (tertiary alicyclic amines) is 1. The van der Waals surface area contributed by atoms with Gasteiger partial charge in [-0.1, -0.05) is 36.9 Å². The molecule has 1 aliphatic heterocycles. The van der Waals surface area contributed by atoms with Gasteiger partial charge in [-0.15, -0.1) is 21.5 Å². The van der Waals surface area contributed by atoms with Crippen molar-refractivity contribution in [2.75, 3.05) is 13.1 Å². The third-order valence-electron chi connectivity index (χ3n) is 5.32. The van der Waals surface area contributed by atoms with Crippen molar-refractivity contribution in [3.05, 3.63) is 51.7 Å². The van der Waals surface area contributed by atoms with E-state index in [9.17, 15) is 4.79 Å². The quantitative estimate of drug-likeness (QED) is 0.561. The Labute approximate surface area is 179 Å². The van der Waals surface area contributed by atoms with E-state index in [1.807, 2.05) is 29.3 Å². The van der Waals surface area contributed by atoms with Gasteiger partial charge < -0.3 is 4.90 Å². The summed E-state index contributed by atoms with van der Waals surface area (Å²) in [5.74, 6) is 2.29. The number of aromatic nitrogens is 4. The minimum absolute atomic E-state index is 0.0586. The van der Waals surface area contributed by atoms with Crippen LogP contribution in [0.25, 0.3) is 5.69 Å². The molecule has 0 spiro atoms. The molecule has 3 aromatic rings. The molecule has 2 aromatic heterocycles. The summed E-state index contributed by atoms with van der Waals surface area (Å²) < 4.78 is 2.08. The van der Waals surface area contributed by atoms with Crippen LogP contribution in [0.4, 0.5) is 0 Å². The first-order valence-electron chi connectivity index (χ1n) is 9.87. The summed E-state index contributed by atoms with van der Waals surface area (Å²) in [4.78, 5) is 19.2. The molecule has 0 bridgehead atoms. The molecule has 152 valence electrons. The van der Waals surface area contributed by atoms with Crippen LogP contribution >= 0.6 is 23.1 Å². The third kappa shape index (κ3) is 4.38. The smallest absolute Gasteiger partial charge is 0.273 e. The molecule has 8 heteroatoms. The van der Waals surface area contributed by atoms with Crippen LogP contribution in [-0.2, 0) is 5.75 Å². The van der Waals surface area contributed by atoms with E-state index in [-0.39, 0.29) is 5.91 Å². The van der Waals surface area contributed by atoms with Gasteiger partial charge in [-0.3, -0.25) is 9.36 Å². The Morgan fingerprint density at radius 2 is 1.97 bits per heavy atom. The van der Waals surface area contributed by atoms with Gasteiger partial charge in [-0.05, 0) is 44.2 Å². The van der Waals surface area contributed by atoms with Gasteiger partial charge in [0.25, 0.3) is 5.91 Å². The molecule has 29 heavy (non-hydrogen) atoms. The molecule has 1 fully saturated rings. The predicted molar refractivity (Wildman–Crippen MR) is 117 cm³/mol. The zero-order valence-corrected chi connectivity index (χ0v) is 18.6. The number of hydrogen-bond donors (Lipinski definition) is 0. The summed E-state index contributed by atoms with van der Waals surface area (Å²) in [7, 11) is 0. The molecule has 0 N–H and O–H groups in total. The predicted octanol–water partition coefficient (Wildman–Crippen LogP) is 4.51. The van der Waals surface area contributed by atoms with Gasteiger partial charge in [0.15, 0.2) is 5.16 Å². The van der Waals surface area contributed by atoms with Gasteiger partial charge in [0.2, 0.25) is 0 Å². The average Bonchev–Trinajstić information content (AvgIpc) is 3.34. The van der Waals surface area contributed by atoms with E-state index in [1.54, 1.807) is 11.8 Å². The maximum Gasteiger partial charge on any atom is 0.273 e. The Bertz CT molecular complexity index is 1000. The number of carbonyl (C=O) groups is 1. The molecule has 0 unspecified atom stereocenters. The molecule has 0 saturated carbocycles. The number of thioether (sulfide) groups is 1. The fraction of sp³-hybridized carbons (Fsp3) is 0.429. The fourth-order valence-corrected chi connectivity index (χ4v) is 5.28. The maximum atomic E-state index is 12.7. The minimum atomic E-state index is 0.0586. The molecule has 0 aliphatic carbocycles. The number of carbonyl (C=O) groups excluding carboxylic acids is 1. The van der Waals surface area contributed by atoms with E-state index < -0.39 is 0 Å². The van der Waals surface area contributed by atoms with Gasteiger partial charge in [0, 0.05) is 18.5 Å². The molecule has 1 amide bonds. The first-order chi connectivity index (χ1) is 14.0. The Morgan fingerprint density at radius 1 is 1.21 bits per heavy atom. The van der Waals surface area contributed by atoms with Gasteiger partial charge in [-0.25, -0.2) is 4.98 Å². The second-order valence-electron chi connectivity index (χ2n) is 7.54. The third-order valence-corrected chi connectivity index (χ3v) is 7.29. The zero-order chi connectivity index (χ0) is 20.4. The first kappa shape index (κ1) is 20.1. The summed E-state index contributed by atoms with van der Waals surface area (Å²) in [5.41, 5.74) is 2.83. The number of nitrogens with zero attached hydrogens (tertiary/aromatic N) is 5. The largest absolute Gasteiger partial charge is 0.337 e. The number of benzene rings is 1.